The molecule has 226 valence electrons. The van der Waals surface area contributed by atoms with E-state index < -0.39 is 17.6 Å². The number of rotatable bonds is 20. The Hall–Kier alpha value is -0.546. The lowest BCUT2D eigenvalue weighted by atomic mass is 10.4. The first-order valence-electron chi connectivity index (χ1n) is 14.7. The van der Waals surface area contributed by atoms with Gasteiger partial charge in [-0.1, -0.05) is 0 Å². The molecular weight excluding hydrogens is 520 g/mol. The van der Waals surface area contributed by atoms with Crippen molar-refractivity contribution in [2.24, 2.45) is 0 Å². The fourth-order valence-corrected chi connectivity index (χ4v) is 9.92. The molecule has 0 atom stereocenters. The van der Waals surface area contributed by atoms with E-state index in [-0.39, 0.29) is 0 Å². The summed E-state index contributed by atoms with van der Waals surface area (Å²) < 4.78 is 35.1. The molecule has 38 heavy (non-hydrogen) atoms. The highest BCUT2D eigenvalue weighted by Crippen LogP contribution is 2.20. The molecule has 2 aliphatic rings. The summed E-state index contributed by atoms with van der Waals surface area (Å²) in [5.41, 5.74) is 0. The Morgan fingerprint density at radius 1 is 0.579 bits per heavy atom. The zero-order valence-electron chi connectivity index (χ0n) is 25.7. The first-order chi connectivity index (χ1) is 18.3. The van der Waals surface area contributed by atoms with Gasteiger partial charge in [0, 0.05) is 90.8 Å². The number of nitrogens with zero attached hydrogens (tertiary/aromatic N) is 4. The monoisotopic (exact) mass is 578 g/mol. The van der Waals surface area contributed by atoms with Crippen LogP contribution in [0.15, 0.2) is 12.4 Å². The van der Waals surface area contributed by atoms with E-state index >= 15 is 0 Å². The van der Waals surface area contributed by atoms with Crippen molar-refractivity contribution >= 4 is 17.6 Å². The standard InChI is InChI=1S/C13H30N2O3Si.C13H28N2O3Si/c2*1-5-16-19(17-6-2,18-7-3)12-8-9-15-11-10-14(4)13-15/h5-13H2,1-4H3;10-11H,5-9,12-13H2,1-4H3. The largest absolute Gasteiger partial charge is 0.500 e. The Balaban J connectivity index is 0.000000380. The van der Waals surface area contributed by atoms with Gasteiger partial charge in [0.2, 0.25) is 0 Å². The van der Waals surface area contributed by atoms with Crippen LogP contribution in [0.25, 0.3) is 0 Å². The maximum Gasteiger partial charge on any atom is 0.500 e. The van der Waals surface area contributed by atoms with Gasteiger partial charge in [-0.2, -0.15) is 0 Å². The predicted octanol–water partition coefficient (Wildman–Crippen LogP) is 3.73. The Morgan fingerprint density at radius 3 is 1.37 bits per heavy atom. The van der Waals surface area contributed by atoms with Crippen molar-refractivity contribution < 1.29 is 26.6 Å². The molecule has 1 saturated heterocycles. The highest BCUT2D eigenvalue weighted by Gasteiger charge is 2.40. The number of likely N-dealkylation sites (N-methyl/N-ethyl adjacent to an activating group) is 1. The summed E-state index contributed by atoms with van der Waals surface area (Å²) >= 11 is 0. The summed E-state index contributed by atoms with van der Waals surface area (Å²) in [6.07, 6.45) is 6.34. The van der Waals surface area contributed by atoms with Gasteiger partial charge >= 0.3 is 17.6 Å². The molecular formula is C26H58N4O6Si2. The molecule has 0 bridgehead atoms. The molecule has 0 N–H and O–H groups in total. The third kappa shape index (κ3) is 13.7. The van der Waals surface area contributed by atoms with Crippen molar-refractivity contribution in [2.75, 3.05) is 93.3 Å². The average Bonchev–Trinajstić information content (AvgIpc) is 3.48. The quantitative estimate of drug-likeness (QED) is 0.200. The third-order valence-corrected chi connectivity index (χ3v) is 12.6. The molecule has 10 nitrogen and oxygen atoms in total. The summed E-state index contributed by atoms with van der Waals surface area (Å²) in [6, 6.07) is 1.80. The zero-order chi connectivity index (χ0) is 28.3. The second-order valence-electron chi connectivity index (χ2n) is 9.52. The van der Waals surface area contributed by atoms with E-state index in [1.807, 2.05) is 41.5 Å². The predicted molar refractivity (Wildman–Crippen MR) is 158 cm³/mol. The van der Waals surface area contributed by atoms with Crippen LogP contribution in [0, 0.1) is 0 Å². The van der Waals surface area contributed by atoms with Gasteiger partial charge in [-0.15, -0.1) is 0 Å². The number of hydrogen-bond acceptors (Lipinski definition) is 10. The van der Waals surface area contributed by atoms with Crippen molar-refractivity contribution in [2.45, 2.75) is 66.5 Å². The Kier molecular flexibility index (Phi) is 19.0. The molecule has 0 aliphatic carbocycles. The number of hydrogen-bond donors (Lipinski definition) is 0. The molecule has 12 heteroatoms. The van der Waals surface area contributed by atoms with Crippen LogP contribution >= 0.6 is 0 Å². The summed E-state index contributed by atoms with van der Waals surface area (Å²) in [7, 11) is -0.628. The van der Waals surface area contributed by atoms with Gasteiger partial charge in [-0.25, -0.2) is 0 Å². The molecule has 2 heterocycles. The first-order valence-corrected chi connectivity index (χ1v) is 18.5. The summed E-state index contributed by atoms with van der Waals surface area (Å²) in [4.78, 5) is 9.28. The minimum absolute atomic E-state index is 0.651. The van der Waals surface area contributed by atoms with Crippen LogP contribution in [0.5, 0.6) is 0 Å². The van der Waals surface area contributed by atoms with E-state index in [1.54, 1.807) is 0 Å². The zero-order valence-corrected chi connectivity index (χ0v) is 27.7. The van der Waals surface area contributed by atoms with Crippen LogP contribution in [-0.2, 0) is 26.6 Å². The van der Waals surface area contributed by atoms with Crippen molar-refractivity contribution in [1.29, 1.82) is 0 Å². The van der Waals surface area contributed by atoms with Crippen LogP contribution in [-0.4, -0.2) is 130 Å². The third-order valence-electron chi connectivity index (χ3n) is 6.25. The lowest BCUT2D eigenvalue weighted by Gasteiger charge is -2.29. The summed E-state index contributed by atoms with van der Waals surface area (Å²) in [5, 5.41) is 0. The molecule has 1 fully saturated rings. The van der Waals surface area contributed by atoms with Crippen molar-refractivity contribution in [3.05, 3.63) is 12.4 Å². The molecule has 2 aliphatic heterocycles. The highest BCUT2D eigenvalue weighted by molar-refractivity contribution is 6.61. The fraction of sp³-hybridized carbons (Fsp3) is 0.923. The lowest BCUT2D eigenvalue weighted by Crippen LogP contribution is -2.46. The summed E-state index contributed by atoms with van der Waals surface area (Å²) in [5.74, 6) is 0. The molecule has 0 aromatic heterocycles. The normalized spacial score (nSPS) is 16.9. The molecule has 0 spiro atoms. The molecule has 0 aromatic carbocycles. The van der Waals surface area contributed by atoms with Crippen molar-refractivity contribution in [3.8, 4) is 0 Å². The van der Waals surface area contributed by atoms with E-state index in [2.05, 4.69) is 46.1 Å². The average molecular weight is 579 g/mol. The van der Waals surface area contributed by atoms with Crippen LogP contribution in [0.4, 0.5) is 0 Å². The van der Waals surface area contributed by atoms with Crippen LogP contribution in [0.1, 0.15) is 54.4 Å². The van der Waals surface area contributed by atoms with Gasteiger partial charge in [0.25, 0.3) is 0 Å². The van der Waals surface area contributed by atoms with Crippen LogP contribution < -0.4 is 0 Å². The van der Waals surface area contributed by atoms with Crippen molar-refractivity contribution in [1.82, 2.24) is 19.6 Å². The Morgan fingerprint density at radius 2 is 1.03 bits per heavy atom. The Bertz CT molecular complexity index is 588. The second-order valence-corrected chi connectivity index (χ2v) is 15.0. The minimum Gasteiger partial charge on any atom is -0.374 e. The van der Waals surface area contributed by atoms with E-state index in [0.29, 0.717) is 39.6 Å². The van der Waals surface area contributed by atoms with Crippen molar-refractivity contribution in [3.63, 3.8) is 0 Å². The van der Waals surface area contributed by atoms with E-state index in [9.17, 15) is 0 Å². The van der Waals surface area contributed by atoms with Crippen LogP contribution in [0.3, 0.4) is 0 Å². The van der Waals surface area contributed by atoms with Gasteiger partial charge in [-0.3, -0.25) is 9.80 Å². The maximum absolute atomic E-state index is 5.86. The topological polar surface area (TPSA) is 68.3 Å². The first kappa shape index (κ1) is 35.5. The minimum atomic E-state index is -2.45. The smallest absolute Gasteiger partial charge is 0.374 e. The van der Waals surface area contributed by atoms with Crippen LogP contribution in [0.2, 0.25) is 12.1 Å². The van der Waals surface area contributed by atoms with Gasteiger partial charge in [0.15, 0.2) is 0 Å². The van der Waals surface area contributed by atoms with E-state index in [1.165, 1.54) is 13.1 Å². The van der Waals surface area contributed by atoms with E-state index in [4.69, 9.17) is 26.6 Å². The maximum atomic E-state index is 5.86. The molecule has 0 saturated carbocycles. The molecule has 0 radical (unpaired) electrons. The highest BCUT2D eigenvalue weighted by atomic mass is 28.4. The van der Waals surface area contributed by atoms with Gasteiger partial charge in [0.05, 0.1) is 13.3 Å². The van der Waals surface area contributed by atoms with Gasteiger partial charge in [0.1, 0.15) is 0 Å². The van der Waals surface area contributed by atoms with Gasteiger partial charge < -0.3 is 36.4 Å². The molecule has 0 aromatic rings. The Labute approximate surface area is 235 Å². The summed E-state index contributed by atoms with van der Waals surface area (Å²) in [6.45, 7) is 22.5. The fourth-order valence-electron chi connectivity index (χ4n) is 4.73. The molecule has 0 amide bonds. The second kappa shape index (κ2) is 20.3. The molecule has 2 rings (SSSR count). The molecule has 0 unspecified atom stereocenters. The van der Waals surface area contributed by atoms with E-state index in [0.717, 1.165) is 51.4 Å². The SMILES string of the molecule is CCO[Si](CCCN1C=CN(C)C1)(OCC)OCC.CCO[Si](CCCN1CCN(C)C1)(OCC)OCC. The van der Waals surface area contributed by atoms with Gasteiger partial charge in [-0.05, 0) is 68.0 Å². The lowest BCUT2D eigenvalue weighted by molar-refractivity contribution is 0.0693.